The van der Waals surface area contributed by atoms with Gasteiger partial charge in [0.15, 0.2) is 0 Å². The minimum absolute atomic E-state index is 0.104. The van der Waals surface area contributed by atoms with Gasteiger partial charge in [0.1, 0.15) is 17.3 Å². The predicted molar refractivity (Wildman–Crippen MR) is 71.0 cm³/mol. The molecule has 0 aliphatic heterocycles. The van der Waals surface area contributed by atoms with E-state index in [9.17, 15) is 0 Å². The summed E-state index contributed by atoms with van der Waals surface area (Å²) < 4.78 is 11.9. The summed E-state index contributed by atoms with van der Waals surface area (Å²) in [5, 5.41) is 0. The average molecular weight is 296 g/mol. The lowest BCUT2D eigenvalue weighted by molar-refractivity contribution is 0.414. The fraction of sp³-hybridized carbons (Fsp3) is 0.231. The van der Waals surface area contributed by atoms with Gasteiger partial charge in [0, 0.05) is 10.0 Å². The van der Waals surface area contributed by atoms with Crippen molar-refractivity contribution in [2.24, 2.45) is 5.73 Å². The van der Waals surface area contributed by atoms with Crippen molar-refractivity contribution in [1.29, 1.82) is 0 Å². The standard InChI is InChI=1S/C13H14BrNO2/c1-8(15)12-5-6-13(17-12)10-7-9(16-2)3-4-11(10)14/h3-8H,15H2,1-2H3. The van der Waals surface area contributed by atoms with Crippen molar-refractivity contribution in [1.82, 2.24) is 0 Å². The maximum atomic E-state index is 5.77. The summed E-state index contributed by atoms with van der Waals surface area (Å²) in [6.07, 6.45) is 0. The van der Waals surface area contributed by atoms with Crippen LogP contribution in [0, 0.1) is 0 Å². The second-order valence-electron chi connectivity index (χ2n) is 3.84. The highest BCUT2D eigenvalue weighted by atomic mass is 79.9. The lowest BCUT2D eigenvalue weighted by Crippen LogP contribution is -2.02. The number of methoxy groups -OCH3 is 1. The topological polar surface area (TPSA) is 48.4 Å². The summed E-state index contributed by atoms with van der Waals surface area (Å²) >= 11 is 3.50. The third kappa shape index (κ3) is 2.53. The largest absolute Gasteiger partial charge is 0.497 e. The molecule has 17 heavy (non-hydrogen) atoms. The van der Waals surface area contributed by atoms with Gasteiger partial charge in [-0.1, -0.05) is 15.9 Å². The second-order valence-corrected chi connectivity index (χ2v) is 4.69. The zero-order chi connectivity index (χ0) is 12.4. The highest BCUT2D eigenvalue weighted by molar-refractivity contribution is 9.10. The quantitative estimate of drug-likeness (QED) is 0.938. The molecule has 0 aliphatic carbocycles. The van der Waals surface area contributed by atoms with Crippen LogP contribution in [-0.4, -0.2) is 7.11 Å². The third-order valence-corrected chi connectivity index (χ3v) is 3.21. The molecule has 0 amide bonds. The van der Waals surface area contributed by atoms with E-state index < -0.39 is 0 Å². The molecule has 2 aromatic rings. The minimum Gasteiger partial charge on any atom is -0.497 e. The van der Waals surface area contributed by atoms with Crippen LogP contribution in [0.25, 0.3) is 11.3 Å². The molecule has 1 aromatic heterocycles. The van der Waals surface area contributed by atoms with E-state index in [4.69, 9.17) is 14.9 Å². The van der Waals surface area contributed by atoms with E-state index >= 15 is 0 Å². The Hall–Kier alpha value is -1.26. The number of nitrogens with two attached hydrogens (primary N) is 1. The van der Waals surface area contributed by atoms with E-state index in [-0.39, 0.29) is 6.04 Å². The zero-order valence-electron chi connectivity index (χ0n) is 9.74. The summed E-state index contributed by atoms with van der Waals surface area (Å²) in [5.41, 5.74) is 6.72. The number of benzene rings is 1. The predicted octanol–water partition coefficient (Wildman–Crippen LogP) is 3.74. The summed E-state index contributed by atoms with van der Waals surface area (Å²) in [4.78, 5) is 0. The summed E-state index contributed by atoms with van der Waals surface area (Å²) in [7, 11) is 1.64. The number of furan rings is 1. The number of halogens is 1. The number of hydrogen-bond donors (Lipinski definition) is 1. The van der Waals surface area contributed by atoms with Crippen LogP contribution in [0.2, 0.25) is 0 Å². The molecule has 1 heterocycles. The van der Waals surface area contributed by atoms with Crippen LogP contribution in [0.15, 0.2) is 39.2 Å². The molecule has 2 N–H and O–H groups in total. The SMILES string of the molecule is COc1ccc(Br)c(-c2ccc(C(C)N)o2)c1. The Morgan fingerprint density at radius 1 is 1.29 bits per heavy atom. The Kier molecular flexibility index (Phi) is 3.54. The molecule has 90 valence electrons. The van der Waals surface area contributed by atoms with Crippen LogP contribution >= 0.6 is 15.9 Å². The second kappa shape index (κ2) is 4.94. The highest BCUT2D eigenvalue weighted by Crippen LogP contribution is 2.33. The molecular weight excluding hydrogens is 282 g/mol. The van der Waals surface area contributed by atoms with E-state index in [1.165, 1.54) is 0 Å². The Morgan fingerprint density at radius 2 is 2.06 bits per heavy atom. The number of rotatable bonds is 3. The number of ether oxygens (including phenoxy) is 1. The Balaban J connectivity index is 2.44. The van der Waals surface area contributed by atoms with Crippen molar-refractivity contribution in [2.45, 2.75) is 13.0 Å². The smallest absolute Gasteiger partial charge is 0.135 e. The normalized spacial score (nSPS) is 12.5. The van der Waals surface area contributed by atoms with Gasteiger partial charge in [-0.25, -0.2) is 0 Å². The zero-order valence-corrected chi connectivity index (χ0v) is 11.3. The van der Waals surface area contributed by atoms with Crippen LogP contribution in [-0.2, 0) is 0 Å². The Labute approximate surface area is 109 Å². The lowest BCUT2D eigenvalue weighted by Gasteiger charge is -2.05. The van der Waals surface area contributed by atoms with Gasteiger partial charge >= 0.3 is 0 Å². The Morgan fingerprint density at radius 3 is 2.65 bits per heavy atom. The van der Waals surface area contributed by atoms with Gasteiger partial charge in [0.05, 0.1) is 13.2 Å². The van der Waals surface area contributed by atoms with Gasteiger partial charge in [-0.2, -0.15) is 0 Å². The average Bonchev–Trinajstić information content (AvgIpc) is 2.79. The first-order chi connectivity index (χ1) is 8.11. The van der Waals surface area contributed by atoms with Crippen LogP contribution in [0.4, 0.5) is 0 Å². The third-order valence-electron chi connectivity index (χ3n) is 2.51. The number of hydrogen-bond acceptors (Lipinski definition) is 3. The van der Waals surface area contributed by atoms with Crippen molar-refractivity contribution in [3.63, 3.8) is 0 Å². The first-order valence-corrected chi connectivity index (χ1v) is 6.10. The van der Waals surface area contributed by atoms with E-state index in [0.29, 0.717) is 0 Å². The van der Waals surface area contributed by atoms with Gasteiger partial charge in [0.2, 0.25) is 0 Å². The van der Waals surface area contributed by atoms with Crippen molar-refractivity contribution >= 4 is 15.9 Å². The van der Waals surface area contributed by atoms with Crippen molar-refractivity contribution in [2.75, 3.05) is 7.11 Å². The van der Waals surface area contributed by atoms with E-state index in [1.54, 1.807) is 7.11 Å². The summed E-state index contributed by atoms with van der Waals surface area (Å²) in [6.45, 7) is 1.89. The molecule has 1 unspecified atom stereocenters. The molecule has 0 saturated heterocycles. The van der Waals surface area contributed by atoms with Gasteiger partial charge in [-0.3, -0.25) is 0 Å². The molecule has 0 radical (unpaired) electrons. The van der Waals surface area contributed by atoms with Gasteiger partial charge in [-0.15, -0.1) is 0 Å². The Bertz CT molecular complexity index is 520. The molecular formula is C13H14BrNO2. The maximum Gasteiger partial charge on any atom is 0.135 e. The molecule has 1 aromatic carbocycles. The first-order valence-electron chi connectivity index (χ1n) is 5.31. The highest BCUT2D eigenvalue weighted by Gasteiger charge is 2.11. The monoisotopic (exact) mass is 295 g/mol. The van der Waals surface area contributed by atoms with Gasteiger partial charge < -0.3 is 14.9 Å². The molecule has 4 heteroatoms. The molecule has 1 atom stereocenters. The summed E-state index contributed by atoms with van der Waals surface area (Å²) in [5.74, 6) is 2.35. The minimum atomic E-state index is -0.104. The fourth-order valence-corrected chi connectivity index (χ4v) is 2.00. The van der Waals surface area contributed by atoms with E-state index in [1.807, 2.05) is 37.3 Å². The van der Waals surface area contributed by atoms with E-state index in [2.05, 4.69) is 15.9 Å². The van der Waals surface area contributed by atoms with Crippen LogP contribution in [0.3, 0.4) is 0 Å². The molecule has 3 nitrogen and oxygen atoms in total. The van der Waals surface area contributed by atoms with Crippen molar-refractivity contribution in [3.05, 3.63) is 40.6 Å². The summed E-state index contributed by atoms with van der Waals surface area (Å²) in [6, 6.07) is 9.46. The molecule has 2 rings (SSSR count). The van der Waals surface area contributed by atoms with Gasteiger partial charge in [-0.05, 0) is 37.3 Å². The van der Waals surface area contributed by atoms with Crippen LogP contribution in [0.1, 0.15) is 18.7 Å². The maximum absolute atomic E-state index is 5.77. The van der Waals surface area contributed by atoms with Crippen LogP contribution < -0.4 is 10.5 Å². The molecule has 0 saturated carbocycles. The lowest BCUT2D eigenvalue weighted by atomic mass is 10.1. The van der Waals surface area contributed by atoms with Crippen LogP contribution in [0.5, 0.6) is 5.75 Å². The molecule has 0 spiro atoms. The van der Waals surface area contributed by atoms with Crippen molar-refractivity contribution in [3.8, 4) is 17.1 Å². The van der Waals surface area contributed by atoms with E-state index in [0.717, 1.165) is 27.3 Å². The van der Waals surface area contributed by atoms with Crippen molar-refractivity contribution < 1.29 is 9.15 Å². The molecule has 0 aliphatic rings. The molecule has 0 fully saturated rings. The fourth-order valence-electron chi connectivity index (χ4n) is 1.56. The molecule has 0 bridgehead atoms. The first kappa shape index (κ1) is 12.2. The van der Waals surface area contributed by atoms with Gasteiger partial charge in [0.25, 0.3) is 0 Å².